The van der Waals surface area contributed by atoms with Gasteiger partial charge in [-0.25, -0.2) is 0 Å². The second kappa shape index (κ2) is 5.54. The molecule has 1 aliphatic carbocycles. The van der Waals surface area contributed by atoms with Crippen LogP contribution in [0.25, 0.3) is 0 Å². The zero-order valence-corrected chi connectivity index (χ0v) is 13.3. The van der Waals surface area contributed by atoms with E-state index in [2.05, 4.69) is 37.5 Å². The van der Waals surface area contributed by atoms with Crippen LogP contribution in [-0.2, 0) is 6.42 Å². The Morgan fingerprint density at radius 2 is 2.19 bits per heavy atom. The van der Waals surface area contributed by atoms with Crippen LogP contribution >= 0.6 is 15.9 Å². The van der Waals surface area contributed by atoms with Gasteiger partial charge in [0.05, 0.1) is 6.04 Å². The fourth-order valence-electron chi connectivity index (χ4n) is 3.74. The normalized spacial score (nSPS) is 28.0. The molecule has 1 saturated heterocycles. The molecule has 0 bridgehead atoms. The Morgan fingerprint density at radius 1 is 1.29 bits per heavy atom. The predicted molar refractivity (Wildman–Crippen MR) is 82.8 cm³/mol. The SMILES string of the molecule is Brc1ccccc1Cc1noc(C2NCC3CCCC32)n1. The van der Waals surface area contributed by atoms with Gasteiger partial charge in [0.25, 0.3) is 0 Å². The van der Waals surface area contributed by atoms with Gasteiger partial charge in [-0.1, -0.05) is 45.7 Å². The van der Waals surface area contributed by atoms with Crippen molar-refractivity contribution in [3.63, 3.8) is 0 Å². The molecule has 1 aromatic heterocycles. The summed E-state index contributed by atoms with van der Waals surface area (Å²) in [7, 11) is 0. The summed E-state index contributed by atoms with van der Waals surface area (Å²) in [6.45, 7) is 1.09. The third-order valence-electron chi connectivity index (χ3n) is 4.80. The predicted octanol–water partition coefficient (Wildman–Crippen LogP) is 3.48. The van der Waals surface area contributed by atoms with Gasteiger partial charge in [-0.15, -0.1) is 0 Å². The number of hydrogen-bond donors (Lipinski definition) is 1. The molecular formula is C16H18BrN3O. The van der Waals surface area contributed by atoms with Crippen LogP contribution in [0.4, 0.5) is 0 Å². The number of benzene rings is 1. The van der Waals surface area contributed by atoms with E-state index in [0.717, 1.165) is 28.7 Å². The number of aromatic nitrogens is 2. The third kappa shape index (κ3) is 2.53. The molecule has 3 unspecified atom stereocenters. The fourth-order valence-corrected chi connectivity index (χ4v) is 4.16. The highest BCUT2D eigenvalue weighted by Crippen LogP contribution is 2.43. The summed E-state index contributed by atoms with van der Waals surface area (Å²) >= 11 is 3.57. The monoisotopic (exact) mass is 347 g/mol. The number of halogens is 1. The lowest BCUT2D eigenvalue weighted by molar-refractivity contribution is 0.301. The van der Waals surface area contributed by atoms with E-state index in [4.69, 9.17) is 4.52 Å². The van der Waals surface area contributed by atoms with Gasteiger partial charge < -0.3 is 9.84 Å². The first-order valence-corrected chi connectivity index (χ1v) is 8.40. The number of nitrogens with zero attached hydrogens (tertiary/aromatic N) is 2. The Balaban J connectivity index is 1.52. The second-order valence-electron chi connectivity index (χ2n) is 6.06. The molecule has 0 radical (unpaired) electrons. The van der Waals surface area contributed by atoms with Crippen LogP contribution in [-0.4, -0.2) is 16.7 Å². The molecule has 1 N–H and O–H groups in total. The highest BCUT2D eigenvalue weighted by molar-refractivity contribution is 9.10. The van der Waals surface area contributed by atoms with E-state index in [1.54, 1.807) is 0 Å². The average molecular weight is 348 g/mol. The Morgan fingerprint density at radius 3 is 3.10 bits per heavy atom. The average Bonchev–Trinajstić information content (AvgIpc) is 3.17. The first-order valence-electron chi connectivity index (χ1n) is 7.60. The van der Waals surface area contributed by atoms with Crippen LogP contribution in [0, 0.1) is 11.8 Å². The largest absolute Gasteiger partial charge is 0.338 e. The zero-order chi connectivity index (χ0) is 14.2. The van der Waals surface area contributed by atoms with Gasteiger partial charge in [0, 0.05) is 10.9 Å². The molecule has 21 heavy (non-hydrogen) atoms. The van der Waals surface area contributed by atoms with E-state index >= 15 is 0 Å². The van der Waals surface area contributed by atoms with E-state index in [9.17, 15) is 0 Å². The number of hydrogen-bond acceptors (Lipinski definition) is 4. The van der Waals surface area contributed by atoms with Crippen molar-refractivity contribution in [1.82, 2.24) is 15.5 Å². The van der Waals surface area contributed by atoms with Crippen LogP contribution in [0.5, 0.6) is 0 Å². The molecule has 1 aliphatic heterocycles. The molecule has 4 rings (SSSR count). The summed E-state index contributed by atoms with van der Waals surface area (Å²) in [4.78, 5) is 4.63. The van der Waals surface area contributed by atoms with E-state index in [-0.39, 0.29) is 6.04 Å². The molecule has 4 nitrogen and oxygen atoms in total. The van der Waals surface area contributed by atoms with Crippen molar-refractivity contribution in [3.05, 3.63) is 46.0 Å². The Kier molecular flexibility index (Phi) is 3.55. The first kappa shape index (κ1) is 13.5. The summed E-state index contributed by atoms with van der Waals surface area (Å²) in [5.74, 6) is 3.02. The molecule has 2 heterocycles. The van der Waals surface area contributed by atoms with Crippen molar-refractivity contribution in [2.24, 2.45) is 11.8 Å². The lowest BCUT2D eigenvalue weighted by Gasteiger charge is -2.13. The maximum atomic E-state index is 5.53. The number of nitrogens with one attached hydrogen (secondary N) is 1. The first-order chi connectivity index (χ1) is 10.3. The molecule has 2 fully saturated rings. The van der Waals surface area contributed by atoms with Gasteiger partial charge in [-0.2, -0.15) is 4.98 Å². The van der Waals surface area contributed by atoms with Crippen molar-refractivity contribution < 1.29 is 4.52 Å². The van der Waals surface area contributed by atoms with Gasteiger partial charge in [-0.3, -0.25) is 0 Å². The van der Waals surface area contributed by atoms with E-state index in [1.807, 2.05) is 18.2 Å². The Bertz CT molecular complexity index is 642. The van der Waals surface area contributed by atoms with Crippen molar-refractivity contribution in [1.29, 1.82) is 0 Å². The fraction of sp³-hybridized carbons (Fsp3) is 0.500. The lowest BCUT2D eigenvalue weighted by Crippen LogP contribution is -2.18. The molecule has 2 aromatic rings. The Hall–Kier alpha value is -1.20. The molecule has 1 saturated carbocycles. The molecule has 3 atom stereocenters. The van der Waals surface area contributed by atoms with Crippen LogP contribution in [0.1, 0.15) is 42.6 Å². The van der Waals surface area contributed by atoms with Gasteiger partial charge in [0.2, 0.25) is 5.89 Å². The van der Waals surface area contributed by atoms with E-state index in [0.29, 0.717) is 12.3 Å². The molecule has 0 amide bonds. The summed E-state index contributed by atoms with van der Waals surface area (Å²) in [5.41, 5.74) is 1.18. The quantitative estimate of drug-likeness (QED) is 0.923. The maximum absolute atomic E-state index is 5.53. The molecule has 1 aromatic carbocycles. The highest BCUT2D eigenvalue weighted by Gasteiger charge is 2.42. The molecule has 110 valence electrons. The van der Waals surface area contributed by atoms with Gasteiger partial charge in [0.15, 0.2) is 5.82 Å². The molecule has 5 heteroatoms. The van der Waals surface area contributed by atoms with Crippen molar-refractivity contribution in [2.45, 2.75) is 31.7 Å². The van der Waals surface area contributed by atoms with Crippen molar-refractivity contribution in [3.8, 4) is 0 Å². The maximum Gasteiger partial charge on any atom is 0.244 e. The summed E-state index contributed by atoms with van der Waals surface area (Å²) in [5, 5.41) is 7.72. The topological polar surface area (TPSA) is 51.0 Å². The standard InChI is InChI=1S/C16H18BrN3O/c17-13-7-2-1-4-10(13)8-14-19-16(21-20-14)15-12-6-3-5-11(12)9-18-15/h1-2,4,7,11-12,15,18H,3,5-6,8-9H2. The number of fused-ring (bicyclic) bond motifs is 1. The number of rotatable bonds is 3. The molecule has 2 aliphatic rings. The molecule has 0 spiro atoms. The van der Waals surface area contributed by atoms with E-state index < -0.39 is 0 Å². The van der Waals surface area contributed by atoms with Gasteiger partial charge in [0.1, 0.15) is 0 Å². The second-order valence-corrected chi connectivity index (χ2v) is 6.91. The van der Waals surface area contributed by atoms with Crippen LogP contribution < -0.4 is 5.32 Å². The Labute approximate surface area is 132 Å². The minimum atomic E-state index is 0.262. The summed E-state index contributed by atoms with van der Waals surface area (Å²) in [6, 6.07) is 8.43. The summed E-state index contributed by atoms with van der Waals surface area (Å²) < 4.78 is 6.62. The lowest BCUT2D eigenvalue weighted by atomic mass is 9.94. The van der Waals surface area contributed by atoms with Crippen LogP contribution in [0.15, 0.2) is 33.3 Å². The van der Waals surface area contributed by atoms with Crippen LogP contribution in [0.2, 0.25) is 0 Å². The third-order valence-corrected chi connectivity index (χ3v) is 5.58. The van der Waals surface area contributed by atoms with E-state index in [1.165, 1.54) is 24.8 Å². The zero-order valence-electron chi connectivity index (χ0n) is 11.8. The van der Waals surface area contributed by atoms with Crippen LogP contribution in [0.3, 0.4) is 0 Å². The van der Waals surface area contributed by atoms with Gasteiger partial charge >= 0.3 is 0 Å². The summed E-state index contributed by atoms with van der Waals surface area (Å²) in [6.07, 6.45) is 4.66. The highest BCUT2D eigenvalue weighted by atomic mass is 79.9. The van der Waals surface area contributed by atoms with Crippen molar-refractivity contribution in [2.75, 3.05) is 6.54 Å². The minimum Gasteiger partial charge on any atom is -0.338 e. The molecular weight excluding hydrogens is 330 g/mol. The minimum absolute atomic E-state index is 0.262. The van der Waals surface area contributed by atoms with Crippen molar-refractivity contribution >= 4 is 15.9 Å². The smallest absolute Gasteiger partial charge is 0.244 e. The van der Waals surface area contributed by atoms with Gasteiger partial charge in [-0.05, 0) is 42.9 Å².